The Morgan fingerprint density at radius 3 is 2.52 bits per heavy atom. The van der Waals surface area contributed by atoms with Gasteiger partial charge in [0.05, 0.1) is 13.1 Å². The number of benzene rings is 2. The second kappa shape index (κ2) is 7.73. The Morgan fingerprint density at radius 2 is 1.88 bits per heavy atom. The molecule has 2 aromatic carbocycles. The van der Waals surface area contributed by atoms with Crippen LogP contribution in [-0.4, -0.2) is 31.7 Å². The minimum absolute atomic E-state index is 0.200. The van der Waals surface area contributed by atoms with Crippen molar-refractivity contribution < 1.29 is 14.3 Å². The minimum atomic E-state index is -0.330. The molecular weight excluding hydrogens is 340 g/mol. The van der Waals surface area contributed by atoms with Gasteiger partial charge in [-0.1, -0.05) is 23.4 Å². The quantitative estimate of drug-likeness (QED) is 0.862. The molecule has 0 bridgehead atoms. The molecule has 5 nitrogen and oxygen atoms in total. The Hall–Kier alpha value is -2.97. The second-order valence-corrected chi connectivity index (χ2v) is 5.74. The fraction of sp³-hybridized carbons (Fsp3) is 0.158. The number of anilines is 1. The number of amides is 2. The molecule has 0 unspecified atom stereocenters. The second-order valence-electron chi connectivity index (χ2n) is 5.30. The van der Waals surface area contributed by atoms with Crippen LogP contribution in [0, 0.1) is 11.8 Å². The van der Waals surface area contributed by atoms with Gasteiger partial charge in [0.15, 0.2) is 0 Å². The van der Waals surface area contributed by atoms with Crippen molar-refractivity contribution in [2.45, 2.75) is 0 Å². The van der Waals surface area contributed by atoms with E-state index >= 15 is 0 Å². The highest BCUT2D eigenvalue weighted by Gasteiger charge is 2.23. The van der Waals surface area contributed by atoms with Gasteiger partial charge in [-0.25, -0.2) is 4.79 Å². The summed E-state index contributed by atoms with van der Waals surface area (Å²) in [6.07, 6.45) is -0.330. The van der Waals surface area contributed by atoms with E-state index in [0.29, 0.717) is 23.7 Å². The Morgan fingerprint density at radius 1 is 1.16 bits per heavy atom. The largest absolute Gasteiger partial charge is 0.447 e. The monoisotopic (exact) mass is 354 g/mol. The summed E-state index contributed by atoms with van der Waals surface area (Å²) >= 11 is 5.79. The summed E-state index contributed by atoms with van der Waals surface area (Å²) < 4.78 is 4.91. The van der Waals surface area contributed by atoms with Crippen molar-refractivity contribution in [3.05, 3.63) is 64.7 Å². The SMILES string of the molecule is O=C(NCC#Cc1ccc(N2CCOC2=O)cc1)c1ccc(Cl)cc1. The zero-order valence-electron chi connectivity index (χ0n) is 13.3. The lowest BCUT2D eigenvalue weighted by Gasteiger charge is -2.11. The highest BCUT2D eigenvalue weighted by atomic mass is 35.5. The highest BCUT2D eigenvalue weighted by Crippen LogP contribution is 2.18. The van der Waals surface area contributed by atoms with Crippen LogP contribution in [0.25, 0.3) is 0 Å². The molecule has 1 saturated heterocycles. The van der Waals surface area contributed by atoms with Gasteiger partial charge in [-0.05, 0) is 48.5 Å². The van der Waals surface area contributed by atoms with Crippen LogP contribution in [0.5, 0.6) is 0 Å². The van der Waals surface area contributed by atoms with Gasteiger partial charge in [0, 0.05) is 21.8 Å². The minimum Gasteiger partial charge on any atom is -0.447 e. The maximum absolute atomic E-state index is 11.9. The van der Waals surface area contributed by atoms with Crippen LogP contribution in [0.1, 0.15) is 15.9 Å². The van der Waals surface area contributed by atoms with Crippen molar-refractivity contribution in [2.75, 3.05) is 24.6 Å². The number of hydrogen-bond donors (Lipinski definition) is 1. The van der Waals surface area contributed by atoms with E-state index in [4.69, 9.17) is 16.3 Å². The number of hydrogen-bond acceptors (Lipinski definition) is 3. The molecule has 0 spiro atoms. The summed E-state index contributed by atoms with van der Waals surface area (Å²) in [7, 11) is 0. The smallest absolute Gasteiger partial charge is 0.414 e. The first-order valence-corrected chi connectivity index (χ1v) is 8.08. The summed E-state index contributed by atoms with van der Waals surface area (Å²) in [4.78, 5) is 25.0. The average molecular weight is 355 g/mol. The van der Waals surface area contributed by atoms with Crippen molar-refractivity contribution in [2.24, 2.45) is 0 Å². The zero-order chi connectivity index (χ0) is 17.6. The molecule has 1 fully saturated rings. The van der Waals surface area contributed by atoms with Crippen molar-refractivity contribution in [1.29, 1.82) is 0 Å². The van der Waals surface area contributed by atoms with Gasteiger partial charge in [-0.15, -0.1) is 0 Å². The molecule has 126 valence electrons. The van der Waals surface area contributed by atoms with Crippen LogP contribution >= 0.6 is 11.6 Å². The molecule has 1 aliphatic heterocycles. The van der Waals surface area contributed by atoms with Crippen molar-refractivity contribution in [1.82, 2.24) is 5.32 Å². The average Bonchev–Trinajstić information content (AvgIpc) is 3.06. The number of carbonyl (C=O) groups excluding carboxylic acids is 2. The number of nitrogens with one attached hydrogen (secondary N) is 1. The Balaban J connectivity index is 1.54. The number of halogens is 1. The number of nitrogens with zero attached hydrogens (tertiary/aromatic N) is 1. The molecule has 1 N–H and O–H groups in total. The number of ether oxygens (including phenoxy) is 1. The standard InChI is InChI=1S/C19H15ClN2O3/c20-16-7-5-15(6-8-16)18(23)21-11-1-2-14-3-9-17(10-4-14)22-12-13-25-19(22)24/h3-10H,11-13H2,(H,21,23). The van der Waals surface area contributed by atoms with E-state index in [0.717, 1.165) is 11.3 Å². The van der Waals surface area contributed by atoms with Crippen molar-refractivity contribution in [3.8, 4) is 11.8 Å². The van der Waals surface area contributed by atoms with Crippen LogP contribution in [0.3, 0.4) is 0 Å². The van der Waals surface area contributed by atoms with Gasteiger partial charge >= 0.3 is 6.09 Å². The fourth-order valence-corrected chi connectivity index (χ4v) is 2.45. The van der Waals surface area contributed by atoms with Crippen molar-refractivity contribution >= 4 is 29.3 Å². The summed E-state index contributed by atoms with van der Waals surface area (Å²) in [6.45, 7) is 1.20. The molecule has 1 heterocycles. The Kier molecular flexibility index (Phi) is 5.22. The summed E-state index contributed by atoms with van der Waals surface area (Å²) in [6, 6.07) is 14.0. The van der Waals surface area contributed by atoms with Crippen molar-refractivity contribution in [3.63, 3.8) is 0 Å². The van der Waals surface area contributed by atoms with Gasteiger partial charge in [0.25, 0.3) is 5.91 Å². The zero-order valence-corrected chi connectivity index (χ0v) is 14.0. The maximum atomic E-state index is 11.9. The van der Waals surface area contributed by atoms with Crippen LogP contribution < -0.4 is 10.2 Å². The number of cyclic esters (lactones) is 1. The molecule has 0 radical (unpaired) electrons. The van der Waals surface area contributed by atoms with E-state index < -0.39 is 0 Å². The third-order valence-electron chi connectivity index (χ3n) is 3.62. The molecule has 2 amide bonds. The maximum Gasteiger partial charge on any atom is 0.414 e. The lowest BCUT2D eigenvalue weighted by Crippen LogP contribution is -2.23. The molecular formula is C19H15ClN2O3. The predicted octanol–water partition coefficient (Wildman–Crippen LogP) is 3.08. The van der Waals surface area contributed by atoms with E-state index in [1.54, 1.807) is 29.2 Å². The van der Waals surface area contributed by atoms with Gasteiger partial charge in [-0.3, -0.25) is 9.69 Å². The highest BCUT2D eigenvalue weighted by molar-refractivity contribution is 6.30. The van der Waals surface area contributed by atoms with Crippen LogP contribution in [0.4, 0.5) is 10.5 Å². The van der Waals surface area contributed by atoms with Crippen LogP contribution in [0.15, 0.2) is 48.5 Å². The molecule has 6 heteroatoms. The first-order valence-electron chi connectivity index (χ1n) is 7.70. The van der Waals surface area contributed by atoms with E-state index in [9.17, 15) is 9.59 Å². The molecule has 25 heavy (non-hydrogen) atoms. The van der Waals surface area contributed by atoms with Gasteiger partial charge in [0.1, 0.15) is 6.61 Å². The number of rotatable bonds is 3. The number of carbonyl (C=O) groups is 2. The molecule has 0 aliphatic carbocycles. The summed E-state index contributed by atoms with van der Waals surface area (Å²) in [5, 5.41) is 3.31. The fourth-order valence-electron chi connectivity index (χ4n) is 2.33. The normalized spacial score (nSPS) is 13.0. The summed E-state index contributed by atoms with van der Waals surface area (Å²) in [5.74, 6) is 5.67. The molecule has 0 aromatic heterocycles. The Bertz CT molecular complexity index is 836. The van der Waals surface area contributed by atoms with E-state index in [1.807, 2.05) is 24.3 Å². The van der Waals surface area contributed by atoms with E-state index in [2.05, 4.69) is 17.2 Å². The van der Waals surface area contributed by atoms with Crippen LogP contribution in [0.2, 0.25) is 5.02 Å². The first-order chi connectivity index (χ1) is 12.1. The van der Waals surface area contributed by atoms with Gasteiger partial charge < -0.3 is 10.1 Å². The van der Waals surface area contributed by atoms with E-state index in [1.165, 1.54) is 0 Å². The lowest BCUT2D eigenvalue weighted by molar-refractivity contribution is 0.0958. The molecule has 0 saturated carbocycles. The molecule has 3 rings (SSSR count). The predicted molar refractivity (Wildman–Crippen MR) is 95.8 cm³/mol. The first kappa shape index (κ1) is 16.9. The van der Waals surface area contributed by atoms with Crippen LogP contribution in [-0.2, 0) is 4.74 Å². The third-order valence-corrected chi connectivity index (χ3v) is 3.87. The third kappa shape index (κ3) is 4.31. The van der Waals surface area contributed by atoms with Gasteiger partial charge in [-0.2, -0.15) is 0 Å². The lowest BCUT2D eigenvalue weighted by atomic mass is 10.2. The molecule has 2 aromatic rings. The van der Waals surface area contributed by atoms with E-state index in [-0.39, 0.29) is 18.5 Å². The Labute approximate surface area is 150 Å². The molecule has 1 aliphatic rings. The topological polar surface area (TPSA) is 58.6 Å². The summed E-state index contributed by atoms with van der Waals surface area (Å²) in [5.41, 5.74) is 2.12. The molecule has 0 atom stereocenters. The van der Waals surface area contributed by atoms with Gasteiger partial charge in [0.2, 0.25) is 0 Å².